The maximum Gasteiger partial charge on any atom is 0.268 e. The van der Waals surface area contributed by atoms with Crippen LogP contribution in [-0.2, 0) is 0 Å². The van der Waals surface area contributed by atoms with Crippen LogP contribution in [0.1, 0.15) is 18.0 Å². The largest absolute Gasteiger partial charge is 0.508 e. The van der Waals surface area contributed by atoms with Crippen molar-refractivity contribution in [3.63, 3.8) is 0 Å². The Balaban J connectivity index is 0.00000112. The van der Waals surface area contributed by atoms with Crippen LogP contribution in [0.5, 0.6) is 5.75 Å². The van der Waals surface area contributed by atoms with E-state index in [9.17, 15) is 8.78 Å². The Morgan fingerprint density at radius 2 is 1.87 bits per heavy atom. The van der Waals surface area contributed by atoms with Gasteiger partial charge in [0.1, 0.15) is 5.75 Å². The summed E-state index contributed by atoms with van der Waals surface area (Å²) < 4.78 is 26.5. The van der Waals surface area contributed by atoms with Gasteiger partial charge in [-0.25, -0.2) is 8.78 Å². The second-order valence-electron chi connectivity index (χ2n) is 3.49. The standard InChI is InChI=1S/C10H11F2NO.ClH/c11-10(12)5-6-13-9(10)7-1-3-8(14)4-2-7;/h1-4,9,13-14H,5-6H2;1H. The number of aromatic hydroxyl groups is 1. The highest BCUT2D eigenvalue weighted by molar-refractivity contribution is 5.85. The second-order valence-corrected chi connectivity index (χ2v) is 3.49. The van der Waals surface area contributed by atoms with Gasteiger partial charge in [-0.3, -0.25) is 0 Å². The summed E-state index contributed by atoms with van der Waals surface area (Å²) in [5, 5.41) is 11.8. The Kier molecular flexibility index (Phi) is 3.52. The molecule has 1 saturated heterocycles. The molecular weight excluding hydrogens is 224 g/mol. The summed E-state index contributed by atoms with van der Waals surface area (Å²) in [4.78, 5) is 0. The van der Waals surface area contributed by atoms with Gasteiger partial charge in [0.25, 0.3) is 5.92 Å². The van der Waals surface area contributed by atoms with Gasteiger partial charge >= 0.3 is 0 Å². The fourth-order valence-electron chi connectivity index (χ4n) is 1.71. The fraction of sp³-hybridized carbons (Fsp3) is 0.400. The Hall–Kier alpha value is -0.870. The third-order valence-corrected chi connectivity index (χ3v) is 2.46. The van der Waals surface area contributed by atoms with Gasteiger partial charge in [-0.1, -0.05) is 12.1 Å². The minimum Gasteiger partial charge on any atom is -0.508 e. The van der Waals surface area contributed by atoms with E-state index < -0.39 is 12.0 Å². The second kappa shape index (κ2) is 4.33. The number of nitrogens with one attached hydrogen (secondary N) is 1. The molecule has 1 aliphatic heterocycles. The van der Waals surface area contributed by atoms with E-state index in [0.29, 0.717) is 12.1 Å². The maximum absolute atomic E-state index is 13.3. The summed E-state index contributed by atoms with van der Waals surface area (Å²) >= 11 is 0. The molecular formula is C10H12ClF2NO. The SMILES string of the molecule is Cl.Oc1ccc(C2NCCC2(F)F)cc1. The van der Waals surface area contributed by atoms with Crippen molar-refractivity contribution in [2.75, 3.05) is 6.54 Å². The third-order valence-electron chi connectivity index (χ3n) is 2.46. The van der Waals surface area contributed by atoms with Crippen molar-refractivity contribution in [1.29, 1.82) is 0 Å². The minimum atomic E-state index is -2.68. The van der Waals surface area contributed by atoms with Crippen molar-refractivity contribution in [2.45, 2.75) is 18.4 Å². The minimum absolute atomic E-state index is 0. The molecule has 1 aliphatic rings. The number of halogens is 3. The van der Waals surface area contributed by atoms with Crippen molar-refractivity contribution < 1.29 is 13.9 Å². The summed E-state index contributed by atoms with van der Waals surface area (Å²) in [5.41, 5.74) is 0.519. The molecule has 0 saturated carbocycles. The van der Waals surface area contributed by atoms with Crippen molar-refractivity contribution in [1.82, 2.24) is 5.32 Å². The molecule has 0 radical (unpaired) electrons. The smallest absolute Gasteiger partial charge is 0.268 e. The molecule has 5 heteroatoms. The lowest BCUT2D eigenvalue weighted by atomic mass is 10.0. The Morgan fingerprint density at radius 3 is 2.33 bits per heavy atom. The highest BCUT2D eigenvalue weighted by Gasteiger charge is 2.44. The van der Waals surface area contributed by atoms with Crippen LogP contribution in [0, 0.1) is 0 Å². The van der Waals surface area contributed by atoms with Gasteiger partial charge in [0.2, 0.25) is 0 Å². The van der Waals surface area contributed by atoms with Crippen molar-refractivity contribution in [3.05, 3.63) is 29.8 Å². The highest BCUT2D eigenvalue weighted by Crippen LogP contribution is 2.38. The normalized spacial score (nSPS) is 23.5. The van der Waals surface area contributed by atoms with E-state index in [-0.39, 0.29) is 24.6 Å². The number of alkyl halides is 2. The van der Waals surface area contributed by atoms with E-state index >= 15 is 0 Å². The number of phenolic OH excluding ortho intramolecular Hbond substituents is 1. The first-order valence-corrected chi connectivity index (χ1v) is 4.50. The molecule has 2 rings (SSSR count). The van der Waals surface area contributed by atoms with Gasteiger partial charge in [-0.2, -0.15) is 0 Å². The first kappa shape index (κ1) is 12.2. The van der Waals surface area contributed by atoms with Crippen LogP contribution in [0.2, 0.25) is 0 Å². The van der Waals surface area contributed by atoms with Gasteiger partial charge in [-0.05, 0) is 17.7 Å². The van der Waals surface area contributed by atoms with Crippen molar-refractivity contribution in [2.24, 2.45) is 0 Å². The van der Waals surface area contributed by atoms with E-state index in [1.54, 1.807) is 0 Å². The van der Waals surface area contributed by atoms with Gasteiger partial charge in [0.15, 0.2) is 0 Å². The fourth-order valence-corrected chi connectivity index (χ4v) is 1.71. The summed E-state index contributed by atoms with van der Waals surface area (Å²) in [6, 6.07) is 4.97. The average molecular weight is 236 g/mol. The Morgan fingerprint density at radius 1 is 1.27 bits per heavy atom. The van der Waals surface area contributed by atoms with E-state index in [1.165, 1.54) is 24.3 Å². The zero-order chi connectivity index (χ0) is 10.2. The topological polar surface area (TPSA) is 32.3 Å². The van der Waals surface area contributed by atoms with Crippen LogP contribution in [0.3, 0.4) is 0 Å². The maximum atomic E-state index is 13.3. The van der Waals surface area contributed by atoms with Crippen LogP contribution in [0.25, 0.3) is 0 Å². The molecule has 15 heavy (non-hydrogen) atoms. The molecule has 0 bridgehead atoms. The van der Waals surface area contributed by atoms with Crippen LogP contribution in [0.4, 0.5) is 8.78 Å². The molecule has 0 aromatic heterocycles. The molecule has 1 aromatic rings. The number of hydrogen-bond donors (Lipinski definition) is 2. The van der Waals surface area contributed by atoms with Gasteiger partial charge in [0.05, 0.1) is 6.04 Å². The molecule has 1 fully saturated rings. The molecule has 2 nitrogen and oxygen atoms in total. The van der Waals surface area contributed by atoms with Crippen molar-refractivity contribution in [3.8, 4) is 5.75 Å². The highest BCUT2D eigenvalue weighted by atomic mass is 35.5. The number of rotatable bonds is 1. The molecule has 0 spiro atoms. The van der Waals surface area contributed by atoms with Crippen molar-refractivity contribution >= 4 is 12.4 Å². The summed E-state index contributed by atoms with van der Waals surface area (Å²) in [7, 11) is 0. The number of hydrogen-bond acceptors (Lipinski definition) is 2. The lowest BCUT2D eigenvalue weighted by molar-refractivity contribution is -0.0117. The zero-order valence-corrected chi connectivity index (χ0v) is 8.73. The monoisotopic (exact) mass is 235 g/mol. The van der Waals surface area contributed by atoms with Crippen LogP contribution in [0.15, 0.2) is 24.3 Å². The molecule has 0 amide bonds. The zero-order valence-electron chi connectivity index (χ0n) is 7.91. The molecule has 1 heterocycles. The molecule has 1 unspecified atom stereocenters. The predicted octanol–water partition coefficient (Wildman–Crippen LogP) is 2.48. The van der Waals surface area contributed by atoms with E-state index in [4.69, 9.17) is 5.11 Å². The first-order valence-electron chi connectivity index (χ1n) is 4.50. The van der Waals surface area contributed by atoms with Crippen LogP contribution >= 0.6 is 12.4 Å². The molecule has 84 valence electrons. The number of phenols is 1. The quantitative estimate of drug-likeness (QED) is 0.784. The van der Waals surface area contributed by atoms with Crippen LogP contribution < -0.4 is 5.32 Å². The lowest BCUT2D eigenvalue weighted by Crippen LogP contribution is -2.26. The molecule has 0 aliphatic carbocycles. The van der Waals surface area contributed by atoms with Gasteiger partial charge < -0.3 is 10.4 Å². The molecule has 2 N–H and O–H groups in total. The molecule has 1 aromatic carbocycles. The summed E-state index contributed by atoms with van der Waals surface area (Å²) in [6.45, 7) is 0.332. The van der Waals surface area contributed by atoms with Gasteiger partial charge in [-0.15, -0.1) is 12.4 Å². The third kappa shape index (κ3) is 2.38. The van der Waals surface area contributed by atoms with E-state index in [2.05, 4.69) is 5.32 Å². The van der Waals surface area contributed by atoms with E-state index in [0.717, 1.165) is 0 Å². The average Bonchev–Trinajstić information content (AvgIpc) is 2.47. The summed E-state index contributed by atoms with van der Waals surface area (Å²) in [5.74, 6) is -2.59. The summed E-state index contributed by atoms with van der Waals surface area (Å²) in [6.07, 6.45) is -0.126. The molecule has 1 atom stereocenters. The lowest BCUT2D eigenvalue weighted by Gasteiger charge is -2.18. The van der Waals surface area contributed by atoms with E-state index in [1.807, 2.05) is 0 Å². The van der Waals surface area contributed by atoms with Gasteiger partial charge in [0, 0.05) is 13.0 Å². The number of benzene rings is 1. The Labute approximate surface area is 92.7 Å². The Bertz CT molecular complexity index is 329. The first-order chi connectivity index (χ1) is 6.59. The van der Waals surface area contributed by atoms with Crippen LogP contribution in [-0.4, -0.2) is 17.6 Å². The predicted molar refractivity (Wildman–Crippen MR) is 55.7 cm³/mol.